The lowest BCUT2D eigenvalue weighted by molar-refractivity contribution is 0.0168. The zero-order valence-electron chi connectivity index (χ0n) is 20.4. The minimum atomic E-state index is -0.559. The number of guanidine groups is 1. The van der Waals surface area contributed by atoms with Crippen LogP contribution in [-0.2, 0) is 14.2 Å². The standard InChI is InChI=1S/C24H40N4O4.HI/c1-5-25-22(26-14-10-15-30-18-20-13-9-16-31-20)27-17-21(19-11-7-6-8-12-19)28-23(29)32-24(2,3)4;/h6-8,11-12,20-21H,5,9-10,13-18H2,1-4H3,(H,28,29)(H2,25,26,27);1H. The van der Waals surface area contributed by atoms with E-state index in [2.05, 4.69) is 20.9 Å². The van der Waals surface area contributed by atoms with Crippen molar-refractivity contribution in [2.75, 3.05) is 39.5 Å². The Morgan fingerprint density at radius 3 is 2.64 bits per heavy atom. The van der Waals surface area contributed by atoms with Crippen LogP contribution in [-0.4, -0.2) is 63.2 Å². The molecule has 3 N–H and O–H groups in total. The molecule has 1 amide bonds. The zero-order valence-corrected chi connectivity index (χ0v) is 22.7. The van der Waals surface area contributed by atoms with Gasteiger partial charge in [0.05, 0.1) is 25.3 Å². The maximum Gasteiger partial charge on any atom is 0.408 e. The predicted molar refractivity (Wildman–Crippen MR) is 142 cm³/mol. The Labute approximate surface area is 215 Å². The quantitative estimate of drug-likeness (QED) is 0.160. The second-order valence-electron chi connectivity index (χ2n) is 8.82. The molecule has 1 aliphatic rings. The van der Waals surface area contributed by atoms with Gasteiger partial charge in [0.25, 0.3) is 0 Å². The van der Waals surface area contributed by atoms with Crippen molar-refractivity contribution < 1.29 is 19.0 Å². The van der Waals surface area contributed by atoms with Gasteiger partial charge < -0.3 is 30.2 Å². The molecule has 8 nitrogen and oxygen atoms in total. The molecule has 2 atom stereocenters. The fourth-order valence-electron chi connectivity index (χ4n) is 3.27. The molecule has 9 heteroatoms. The highest BCUT2D eigenvalue weighted by atomic mass is 127. The summed E-state index contributed by atoms with van der Waals surface area (Å²) in [5.74, 6) is 0.707. The van der Waals surface area contributed by atoms with E-state index in [1.54, 1.807) is 0 Å². The van der Waals surface area contributed by atoms with Gasteiger partial charge >= 0.3 is 6.09 Å². The van der Waals surface area contributed by atoms with Crippen molar-refractivity contribution in [3.8, 4) is 0 Å². The lowest BCUT2D eigenvalue weighted by Crippen LogP contribution is -2.40. The van der Waals surface area contributed by atoms with Crippen molar-refractivity contribution in [2.24, 2.45) is 4.99 Å². The van der Waals surface area contributed by atoms with Crippen LogP contribution in [0.1, 0.15) is 58.6 Å². The molecule has 0 radical (unpaired) electrons. The van der Waals surface area contributed by atoms with Crippen molar-refractivity contribution in [3.63, 3.8) is 0 Å². The average Bonchev–Trinajstić information content (AvgIpc) is 3.26. The molecule has 1 fully saturated rings. The Hall–Kier alpha value is -1.59. The van der Waals surface area contributed by atoms with Crippen LogP contribution in [0.5, 0.6) is 0 Å². The van der Waals surface area contributed by atoms with Gasteiger partial charge in [-0.05, 0) is 52.5 Å². The molecule has 1 saturated heterocycles. The summed E-state index contributed by atoms with van der Waals surface area (Å²) in [5.41, 5.74) is 0.414. The number of ether oxygens (including phenoxy) is 3. The smallest absolute Gasteiger partial charge is 0.408 e. The van der Waals surface area contributed by atoms with Crippen molar-refractivity contribution in [2.45, 2.75) is 64.7 Å². The fourth-order valence-corrected chi connectivity index (χ4v) is 3.27. The molecule has 2 unspecified atom stereocenters. The molecule has 0 aliphatic carbocycles. The topological polar surface area (TPSA) is 93.2 Å². The molecular formula is C24H41IN4O4. The third-order valence-corrected chi connectivity index (χ3v) is 4.75. The zero-order chi connectivity index (χ0) is 23.2. The van der Waals surface area contributed by atoms with Crippen molar-refractivity contribution in [3.05, 3.63) is 35.9 Å². The number of nitrogens with zero attached hydrogens (tertiary/aromatic N) is 1. The molecule has 0 aromatic heterocycles. The van der Waals surface area contributed by atoms with Gasteiger partial charge in [-0.25, -0.2) is 4.79 Å². The summed E-state index contributed by atoms with van der Waals surface area (Å²) in [4.78, 5) is 17.0. The van der Waals surface area contributed by atoms with E-state index in [4.69, 9.17) is 14.2 Å². The van der Waals surface area contributed by atoms with E-state index in [0.717, 1.165) is 44.5 Å². The number of hydrogen-bond acceptors (Lipinski definition) is 5. The van der Waals surface area contributed by atoms with Crippen LogP contribution >= 0.6 is 24.0 Å². The Kier molecular flexibility index (Phi) is 14.4. The maximum absolute atomic E-state index is 12.3. The number of rotatable bonds is 11. The van der Waals surface area contributed by atoms with Crippen LogP contribution in [0.25, 0.3) is 0 Å². The summed E-state index contributed by atoms with van der Waals surface area (Å²) in [7, 11) is 0. The molecule has 33 heavy (non-hydrogen) atoms. The number of hydrogen-bond donors (Lipinski definition) is 3. The number of alkyl carbamates (subject to hydrolysis) is 1. The Morgan fingerprint density at radius 1 is 1.24 bits per heavy atom. The van der Waals surface area contributed by atoms with E-state index < -0.39 is 11.7 Å². The monoisotopic (exact) mass is 576 g/mol. The van der Waals surface area contributed by atoms with Crippen molar-refractivity contribution in [1.82, 2.24) is 16.0 Å². The molecule has 1 heterocycles. The van der Waals surface area contributed by atoms with Gasteiger partial charge in [-0.15, -0.1) is 24.0 Å². The average molecular weight is 577 g/mol. The number of nitrogens with one attached hydrogen (secondary N) is 3. The first-order valence-electron chi connectivity index (χ1n) is 11.6. The van der Waals surface area contributed by atoms with Crippen LogP contribution in [0.3, 0.4) is 0 Å². The van der Waals surface area contributed by atoms with Gasteiger partial charge in [0.2, 0.25) is 0 Å². The lowest BCUT2D eigenvalue weighted by atomic mass is 10.1. The summed E-state index contributed by atoms with van der Waals surface area (Å²) in [6, 6.07) is 9.50. The summed E-state index contributed by atoms with van der Waals surface area (Å²) < 4.78 is 16.7. The molecule has 1 aromatic carbocycles. The lowest BCUT2D eigenvalue weighted by Gasteiger charge is -2.23. The van der Waals surface area contributed by atoms with Crippen LogP contribution in [0.2, 0.25) is 0 Å². The van der Waals surface area contributed by atoms with Crippen LogP contribution in [0.15, 0.2) is 35.3 Å². The third kappa shape index (κ3) is 13.0. The highest BCUT2D eigenvalue weighted by molar-refractivity contribution is 14.0. The molecule has 2 rings (SSSR count). The highest BCUT2D eigenvalue weighted by Gasteiger charge is 2.20. The van der Waals surface area contributed by atoms with Gasteiger partial charge in [0.1, 0.15) is 5.60 Å². The largest absolute Gasteiger partial charge is 0.444 e. The van der Waals surface area contributed by atoms with Crippen LogP contribution in [0, 0.1) is 0 Å². The van der Waals surface area contributed by atoms with Gasteiger partial charge in [0.15, 0.2) is 5.96 Å². The Morgan fingerprint density at radius 2 is 2.00 bits per heavy atom. The second-order valence-corrected chi connectivity index (χ2v) is 8.82. The molecule has 0 bridgehead atoms. The van der Waals surface area contributed by atoms with Crippen LogP contribution in [0.4, 0.5) is 4.79 Å². The van der Waals surface area contributed by atoms with E-state index >= 15 is 0 Å². The predicted octanol–water partition coefficient (Wildman–Crippen LogP) is 4.01. The Bertz CT molecular complexity index is 691. The van der Waals surface area contributed by atoms with Crippen molar-refractivity contribution in [1.29, 1.82) is 0 Å². The van der Waals surface area contributed by atoms with E-state index in [-0.39, 0.29) is 36.1 Å². The molecular weight excluding hydrogens is 535 g/mol. The van der Waals surface area contributed by atoms with E-state index in [1.807, 2.05) is 58.0 Å². The number of halogens is 1. The van der Waals surface area contributed by atoms with Gasteiger partial charge in [-0.2, -0.15) is 0 Å². The third-order valence-electron chi connectivity index (χ3n) is 4.75. The molecule has 1 aromatic rings. The maximum atomic E-state index is 12.3. The first-order valence-corrected chi connectivity index (χ1v) is 11.6. The molecule has 0 spiro atoms. The summed E-state index contributed by atoms with van der Waals surface area (Å²) in [5, 5.41) is 9.52. The summed E-state index contributed by atoms with van der Waals surface area (Å²) in [6.07, 6.45) is 2.90. The van der Waals surface area contributed by atoms with Gasteiger partial charge in [-0.3, -0.25) is 4.99 Å². The van der Waals surface area contributed by atoms with E-state index in [1.165, 1.54) is 0 Å². The first kappa shape index (κ1) is 29.4. The second kappa shape index (κ2) is 16.1. The summed E-state index contributed by atoms with van der Waals surface area (Å²) >= 11 is 0. The normalized spacial score (nSPS) is 17.1. The SMILES string of the molecule is CCNC(=NCC(NC(=O)OC(C)(C)C)c1ccccc1)NCCCOCC1CCCO1.I. The Balaban J connectivity index is 0.00000544. The number of carbonyl (C=O) groups is 1. The van der Waals surface area contributed by atoms with Gasteiger partial charge in [-0.1, -0.05) is 30.3 Å². The highest BCUT2D eigenvalue weighted by Crippen LogP contribution is 2.15. The number of amides is 1. The van der Waals surface area contributed by atoms with E-state index in [0.29, 0.717) is 25.7 Å². The van der Waals surface area contributed by atoms with Crippen LogP contribution < -0.4 is 16.0 Å². The minimum Gasteiger partial charge on any atom is -0.444 e. The number of carbonyl (C=O) groups excluding carboxylic acids is 1. The molecule has 0 saturated carbocycles. The minimum absolute atomic E-state index is 0. The molecule has 188 valence electrons. The number of benzene rings is 1. The van der Waals surface area contributed by atoms with E-state index in [9.17, 15) is 4.79 Å². The fraction of sp³-hybridized carbons (Fsp3) is 0.667. The molecule has 1 aliphatic heterocycles. The van der Waals surface area contributed by atoms with Crippen molar-refractivity contribution >= 4 is 36.0 Å². The number of aliphatic imine (C=N–C) groups is 1. The van der Waals surface area contributed by atoms with Gasteiger partial charge in [0, 0.05) is 26.3 Å². The summed E-state index contributed by atoms with van der Waals surface area (Å²) in [6.45, 7) is 11.6. The first-order chi connectivity index (χ1) is 15.4.